The van der Waals surface area contributed by atoms with E-state index in [2.05, 4.69) is 10.2 Å². The Bertz CT molecular complexity index is 847. The summed E-state index contributed by atoms with van der Waals surface area (Å²) in [6.45, 7) is 4.25. The van der Waals surface area contributed by atoms with Crippen LogP contribution in [0.2, 0.25) is 0 Å². The lowest BCUT2D eigenvalue weighted by Crippen LogP contribution is -2.43. The standard InChI is InChI=1S/C21H23F3N2O3/c1-14-2-7-17(19(27)12-14)20(28)25-13-18(26-8-10-29-11-9-26)15-3-5-16(6-4-15)21(22,23)24/h2-7,12,18,27H,8-11,13H2,1H3,(H,25,28). The number of nitrogens with one attached hydrogen (secondary N) is 1. The lowest BCUT2D eigenvalue weighted by Gasteiger charge is -2.35. The van der Waals surface area contributed by atoms with Gasteiger partial charge < -0.3 is 15.2 Å². The Morgan fingerprint density at radius 2 is 1.83 bits per heavy atom. The molecule has 29 heavy (non-hydrogen) atoms. The van der Waals surface area contributed by atoms with Gasteiger partial charge in [0.15, 0.2) is 0 Å². The molecule has 1 heterocycles. The van der Waals surface area contributed by atoms with Gasteiger partial charge in [-0.2, -0.15) is 13.2 Å². The van der Waals surface area contributed by atoms with Crippen LogP contribution in [0.1, 0.15) is 33.1 Å². The van der Waals surface area contributed by atoms with Crippen LogP contribution in [-0.2, 0) is 10.9 Å². The smallest absolute Gasteiger partial charge is 0.416 e. The van der Waals surface area contributed by atoms with Gasteiger partial charge in [-0.1, -0.05) is 18.2 Å². The summed E-state index contributed by atoms with van der Waals surface area (Å²) in [5.74, 6) is -0.548. The molecule has 2 N–H and O–H groups in total. The van der Waals surface area contributed by atoms with Gasteiger partial charge in [-0.3, -0.25) is 9.69 Å². The summed E-state index contributed by atoms with van der Waals surface area (Å²) in [5.41, 5.74) is 0.947. The molecule has 1 aliphatic heterocycles. The second-order valence-corrected chi connectivity index (χ2v) is 7.01. The van der Waals surface area contributed by atoms with Crippen LogP contribution in [0.25, 0.3) is 0 Å². The molecule has 0 radical (unpaired) electrons. The Labute approximate surface area is 167 Å². The molecule has 1 atom stereocenters. The van der Waals surface area contributed by atoms with Gasteiger partial charge in [-0.15, -0.1) is 0 Å². The van der Waals surface area contributed by atoms with E-state index >= 15 is 0 Å². The number of phenols is 1. The molecule has 5 nitrogen and oxygen atoms in total. The van der Waals surface area contributed by atoms with Crippen molar-refractivity contribution in [1.29, 1.82) is 0 Å². The van der Waals surface area contributed by atoms with Crippen molar-refractivity contribution in [2.24, 2.45) is 0 Å². The molecule has 0 bridgehead atoms. The Balaban J connectivity index is 1.77. The van der Waals surface area contributed by atoms with E-state index in [0.717, 1.165) is 17.7 Å². The molecule has 1 aliphatic rings. The lowest BCUT2D eigenvalue weighted by molar-refractivity contribution is -0.137. The van der Waals surface area contributed by atoms with Crippen molar-refractivity contribution in [1.82, 2.24) is 10.2 Å². The molecule has 1 saturated heterocycles. The van der Waals surface area contributed by atoms with Crippen LogP contribution in [0, 0.1) is 6.92 Å². The highest BCUT2D eigenvalue weighted by Gasteiger charge is 2.31. The minimum atomic E-state index is -4.40. The van der Waals surface area contributed by atoms with Gasteiger partial charge in [0.25, 0.3) is 5.91 Å². The highest BCUT2D eigenvalue weighted by atomic mass is 19.4. The number of rotatable bonds is 5. The van der Waals surface area contributed by atoms with Crippen LogP contribution in [0.3, 0.4) is 0 Å². The summed E-state index contributed by atoms with van der Waals surface area (Å²) >= 11 is 0. The summed E-state index contributed by atoms with van der Waals surface area (Å²) < 4.78 is 44.0. The maximum atomic E-state index is 12.9. The molecule has 0 aliphatic carbocycles. The molecule has 156 valence electrons. The third kappa shape index (κ3) is 5.27. The Morgan fingerprint density at radius 1 is 1.17 bits per heavy atom. The Hall–Kier alpha value is -2.58. The first-order valence-electron chi connectivity index (χ1n) is 9.32. The molecular formula is C21H23F3N2O3. The molecule has 1 unspecified atom stereocenters. The number of alkyl halides is 3. The van der Waals surface area contributed by atoms with Crippen LogP contribution in [0.15, 0.2) is 42.5 Å². The average Bonchev–Trinajstić information content (AvgIpc) is 2.68. The normalized spacial score (nSPS) is 16.4. The highest BCUT2D eigenvalue weighted by molar-refractivity contribution is 5.96. The van der Waals surface area contributed by atoms with Gasteiger partial charge in [0.2, 0.25) is 0 Å². The molecule has 0 spiro atoms. The quantitative estimate of drug-likeness (QED) is 0.795. The van der Waals surface area contributed by atoms with Gasteiger partial charge in [-0.25, -0.2) is 0 Å². The van der Waals surface area contributed by atoms with Crippen LogP contribution < -0.4 is 5.32 Å². The van der Waals surface area contributed by atoms with Gasteiger partial charge in [0.05, 0.1) is 30.4 Å². The summed E-state index contributed by atoms with van der Waals surface area (Å²) in [4.78, 5) is 14.6. The van der Waals surface area contributed by atoms with Gasteiger partial charge >= 0.3 is 6.18 Å². The number of amides is 1. The fourth-order valence-electron chi connectivity index (χ4n) is 3.36. The SMILES string of the molecule is Cc1ccc(C(=O)NCC(c2ccc(C(F)(F)F)cc2)N2CCOCC2)c(O)c1. The summed E-state index contributed by atoms with van der Waals surface area (Å²) in [6.07, 6.45) is -4.40. The largest absolute Gasteiger partial charge is 0.507 e. The predicted molar refractivity (Wildman–Crippen MR) is 102 cm³/mol. The van der Waals surface area contributed by atoms with Crippen molar-refractivity contribution in [2.45, 2.75) is 19.1 Å². The van der Waals surface area contributed by atoms with Crippen LogP contribution >= 0.6 is 0 Å². The van der Waals surface area contributed by atoms with Gasteiger partial charge in [0, 0.05) is 19.6 Å². The molecule has 0 aromatic heterocycles. The number of hydrogen-bond acceptors (Lipinski definition) is 4. The van der Waals surface area contributed by atoms with Crippen molar-refractivity contribution in [3.63, 3.8) is 0 Å². The molecule has 2 aromatic rings. The topological polar surface area (TPSA) is 61.8 Å². The Morgan fingerprint density at radius 3 is 2.41 bits per heavy atom. The maximum absolute atomic E-state index is 12.9. The van der Waals surface area contributed by atoms with E-state index in [1.807, 2.05) is 0 Å². The molecule has 1 fully saturated rings. The fourth-order valence-corrected chi connectivity index (χ4v) is 3.36. The second-order valence-electron chi connectivity index (χ2n) is 7.01. The third-order valence-electron chi connectivity index (χ3n) is 4.96. The Kier molecular flexibility index (Phi) is 6.44. The third-order valence-corrected chi connectivity index (χ3v) is 4.96. The number of nitrogens with zero attached hydrogens (tertiary/aromatic N) is 1. The zero-order valence-electron chi connectivity index (χ0n) is 16.0. The number of carbonyl (C=O) groups is 1. The monoisotopic (exact) mass is 408 g/mol. The van der Waals surface area contributed by atoms with E-state index < -0.39 is 17.6 Å². The first-order chi connectivity index (χ1) is 13.8. The molecule has 8 heteroatoms. The van der Waals surface area contributed by atoms with Crippen molar-refractivity contribution >= 4 is 5.91 Å². The van der Waals surface area contributed by atoms with Crippen LogP contribution in [-0.4, -0.2) is 48.8 Å². The molecule has 2 aromatic carbocycles. The van der Waals surface area contributed by atoms with E-state index in [1.54, 1.807) is 19.1 Å². The first kappa shape index (κ1) is 21.1. The van der Waals surface area contributed by atoms with E-state index in [1.165, 1.54) is 18.2 Å². The summed E-state index contributed by atoms with van der Waals surface area (Å²) in [7, 11) is 0. The first-order valence-corrected chi connectivity index (χ1v) is 9.32. The number of aryl methyl sites for hydroxylation is 1. The number of carbonyl (C=O) groups excluding carboxylic acids is 1. The van der Waals surface area contributed by atoms with Crippen molar-refractivity contribution in [2.75, 3.05) is 32.8 Å². The minimum absolute atomic E-state index is 0.111. The van der Waals surface area contributed by atoms with Gasteiger partial charge in [-0.05, 0) is 42.3 Å². The number of phenolic OH excluding ortho intramolecular Hbond substituents is 1. The molecule has 3 rings (SSSR count). The average molecular weight is 408 g/mol. The zero-order valence-corrected chi connectivity index (χ0v) is 16.0. The van der Waals surface area contributed by atoms with Crippen molar-refractivity contribution in [3.05, 3.63) is 64.7 Å². The lowest BCUT2D eigenvalue weighted by atomic mass is 10.0. The number of hydrogen-bond donors (Lipinski definition) is 2. The number of morpholine rings is 1. The molecule has 0 saturated carbocycles. The molecule has 1 amide bonds. The van der Waals surface area contributed by atoms with Gasteiger partial charge in [0.1, 0.15) is 5.75 Å². The number of aromatic hydroxyl groups is 1. The maximum Gasteiger partial charge on any atom is 0.416 e. The highest BCUT2D eigenvalue weighted by Crippen LogP contribution is 2.31. The summed E-state index contributed by atoms with van der Waals surface area (Å²) in [5, 5.41) is 12.8. The predicted octanol–water partition coefficient (Wildman–Crippen LogP) is 3.52. The minimum Gasteiger partial charge on any atom is -0.507 e. The van der Waals surface area contributed by atoms with Crippen molar-refractivity contribution in [3.8, 4) is 5.75 Å². The molecular weight excluding hydrogens is 385 g/mol. The van der Waals surface area contributed by atoms with Crippen LogP contribution in [0.4, 0.5) is 13.2 Å². The van der Waals surface area contributed by atoms with E-state index in [9.17, 15) is 23.1 Å². The number of halogens is 3. The second kappa shape index (κ2) is 8.84. The fraction of sp³-hybridized carbons (Fsp3) is 0.381. The van der Waals surface area contributed by atoms with E-state index in [0.29, 0.717) is 31.9 Å². The summed E-state index contributed by atoms with van der Waals surface area (Å²) in [6, 6.07) is 9.46. The zero-order chi connectivity index (χ0) is 21.0. The number of ether oxygens (including phenoxy) is 1. The van der Waals surface area contributed by atoms with Crippen molar-refractivity contribution < 1.29 is 27.8 Å². The van der Waals surface area contributed by atoms with E-state index in [4.69, 9.17) is 4.74 Å². The van der Waals surface area contributed by atoms with E-state index in [-0.39, 0.29) is 23.9 Å². The number of benzene rings is 2. The van der Waals surface area contributed by atoms with Crippen LogP contribution in [0.5, 0.6) is 5.75 Å².